The molecule has 11 aromatic rings. The highest BCUT2D eigenvalue weighted by atomic mass is 32.1. The van der Waals surface area contributed by atoms with Crippen LogP contribution in [0.5, 0.6) is 0 Å². The maximum Gasteiger partial charge on any atom is 0.164 e. The zero-order valence-electron chi connectivity index (χ0n) is 30.1. The highest BCUT2D eigenvalue weighted by Crippen LogP contribution is 2.44. The predicted octanol–water partition coefficient (Wildman–Crippen LogP) is 14.6. The van der Waals surface area contributed by atoms with Gasteiger partial charge in [0, 0.05) is 57.0 Å². The van der Waals surface area contributed by atoms with E-state index in [0.29, 0.717) is 17.5 Å². The van der Waals surface area contributed by atoms with Crippen molar-refractivity contribution in [1.82, 2.24) is 15.0 Å². The number of nitrogens with zero attached hydrogens (tertiary/aromatic N) is 3. The molecule has 56 heavy (non-hydrogen) atoms. The summed E-state index contributed by atoms with van der Waals surface area (Å²) in [6.45, 7) is 0. The van der Waals surface area contributed by atoms with Crippen molar-refractivity contribution in [2.75, 3.05) is 0 Å². The molecule has 0 saturated heterocycles. The minimum Gasteiger partial charge on any atom is -0.208 e. The average molecular weight is 750 g/mol. The summed E-state index contributed by atoms with van der Waals surface area (Å²) >= 11 is 3.67. The van der Waals surface area contributed by atoms with Crippen molar-refractivity contribution in [1.29, 1.82) is 0 Å². The Bertz CT molecular complexity index is 3250. The van der Waals surface area contributed by atoms with Crippen LogP contribution in [0.15, 0.2) is 188 Å². The summed E-state index contributed by atoms with van der Waals surface area (Å²) in [5.74, 6) is 1.96. The summed E-state index contributed by atoms with van der Waals surface area (Å²) in [4.78, 5) is 15.2. The maximum absolute atomic E-state index is 5.11. The quantitative estimate of drug-likeness (QED) is 0.170. The number of hydrogen-bond acceptors (Lipinski definition) is 5. The van der Waals surface area contributed by atoms with Gasteiger partial charge in [-0.05, 0) is 69.8 Å². The molecule has 0 amide bonds. The number of benzene rings is 8. The third kappa shape index (κ3) is 5.68. The Morgan fingerprint density at radius 1 is 0.268 bits per heavy atom. The maximum atomic E-state index is 5.11. The molecule has 0 aliphatic heterocycles. The molecule has 5 heteroatoms. The molecule has 0 N–H and O–H groups in total. The lowest BCUT2D eigenvalue weighted by atomic mass is 9.91. The van der Waals surface area contributed by atoms with Crippen LogP contribution in [0.1, 0.15) is 0 Å². The van der Waals surface area contributed by atoms with Gasteiger partial charge in [-0.1, -0.05) is 152 Å². The Morgan fingerprint density at radius 3 is 1.64 bits per heavy atom. The number of fused-ring (bicyclic) bond motifs is 6. The second-order valence-electron chi connectivity index (χ2n) is 14.0. The van der Waals surface area contributed by atoms with E-state index in [1.807, 2.05) is 46.9 Å². The first-order valence-electron chi connectivity index (χ1n) is 18.7. The fraction of sp³-hybridized carbons (Fsp3) is 0. The SMILES string of the molecule is c1ccc(-c2cccc(-c3nc(-c4ccccc4)nc(-c4ccc5c(c4)sc4ccc(-c6ccccc6-c6cccc7sc8ccccc8c67)cc45)n3)c2)cc1. The highest BCUT2D eigenvalue weighted by molar-refractivity contribution is 7.26. The van der Waals surface area contributed by atoms with Gasteiger partial charge in [0.2, 0.25) is 0 Å². The van der Waals surface area contributed by atoms with Crippen LogP contribution in [0, 0.1) is 0 Å². The molecule has 0 radical (unpaired) electrons. The minimum absolute atomic E-state index is 0.650. The lowest BCUT2D eigenvalue weighted by Gasteiger charge is -2.12. The van der Waals surface area contributed by atoms with Gasteiger partial charge in [0.15, 0.2) is 17.5 Å². The van der Waals surface area contributed by atoms with Gasteiger partial charge >= 0.3 is 0 Å². The van der Waals surface area contributed by atoms with Crippen molar-refractivity contribution in [3.8, 4) is 67.5 Å². The zero-order valence-corrected chi connectivity index (χ0v) is 31.7. The molecular formula is C51H31N3S2. The number of rotatable bonds is 6. The molecule has 3 heterocycles. The van der Waals surface area contributed by atoms with Crippen LogP contribution in [-0.4, -0.2) is 15.0 Å². The summed E-state index contributed by atoms with van der Waals surface area (Å²) in [6, 6.07) is 66.9. The van der Waals surface area contributed by atoms with Crippen molar-refractivity contribution in [2.24, 2.45) is 0 Å². The van der Waals surface area contributed by atoms with Gasteiger partial charge in [-0.3, -0.25) is 0 Å². The van der Waals surface area contributed by atoms with E-state index in [1.54, 1.807) is 0 Å². The van der Waals surface area contributed by atoms with E-state index in [1.165, 1.54) is 62.6 Å². The second-order valence-corrected chi connectivity index (χ2v) is 16.1. The molecule has 3 nitrogen and oxygen atoms in total. The Balaban J connectivity index is 1.02. The summed E-state index contributed by atoms with van der Waals surface area (Å²) in [5.41, 5.74) is 10.1. The molecule has 262 valence electrons. The molecule has 3 aromatic heterocycles. The molecule has 0 fully saturated rings. The first-order valence-corrected chi connectivity index (χ1v) is 20.3. The molecule has 0 atom stereocenters. The van der Waals surface area contributed by atoms with Crippen LogP contribution in [0.25, 0.3) is 108 Å². The van der Waals surface area contributed by atoms with Crippen LogP contribution in [-0.2, 0) is 0 Å². The molecule has 0 unspecified atom stereocenters. The standard InChI is InChI=1S/C51H31N3S2/c1-3-13-32(14-4-1)34-17-11-18-36(29-34)50-52-49(33-15-5-2-6-16-33)53-51(54-50)37-25-27-40-43-30-35(26-28-45(43)56-47(40)31-37)38-19-7-8-20-39(38)41-22-12-24-46-48(41)42-21-9-10-23-44(42)55-46/h1-31H. The summed E-state index contributed by atoms with van der Waals surface area (Å²) in [7, 11) is 0. The zero-order chi connectivity index (χ0) is 37.0. The van der Waals surface area contributed by atoms with Crippen molar-refractivity contribution in [3.63, 3.8) is 0 Å². The van der Waals surface area contributed by atoms with Crippen LogP contribution >= 0.6 is 22.7 Å². The van der Waals surface area contributed by atoms with E-state index in [0.717, 1.165) is 27.8 Å². The Hall–Kier alpha value is -6.79. The molecule has 11 rings (SSSR count). The van der Waals surface area contributed by atoms with Crippen LogP contribution in [0.4, 0.5) is 0 Å². The average Bonchev–Trinajstić information content (AvgIpc) is 3.85. The first kappa shape index (κ1) is 32.6. The van der Waals surface area contributed by atoms with Crippen LogP contribution in [0.2, 0.25) is 0 Å². The predicted molar refractivity (Wildman–Crippen MR) is 238 cm³/mol. The Labute approximate surface area is 331 Å². The van der Waals surface area contributed by atoms with Crippen molar-refractivity contribution < 1.29 is 0 Å². The smallest absolute Gasteiger partial charge is 0.164 e. The van der Waals surface area contributed by atoms with E-state index in [4.69, 9.17) is 15.0 Å². The lowest BCUT2D eigenvalue weighted by Crippen LogP contribution is -2.00. The number of thiophene rings is 2. The van der Waals surface area contributed by atoms with E-state index in [9.17, 15) is 0 Å². The first-order chi connectivity index (χ1) is 27.7. The topological polar surface area (TPSA) is 38.7 Å². The van der Waals surface area contributed by atoms with E-state index in [-0.39, 0.29) is 0 Å². The third-order valence-corrected chi connectivity index (χ3v) is 12.8. The number of aromatic nitrogens is 3. The second kappa shape index (κ2) is 13.5. The van der Waals surface area contributed by atoms with Gasteiger partial charge in [0.1, 0.15) is 0 Å². The summed E-state index contributed by atoms with van der Waals surface area (Å²) in [6.07, 6.45) is 0. The largest absolute Gasteiger partial charge is 0.208 e. The third-order valence-electron chi connectivity index (χ3n) is 10.6. The lowest BCUT2D eigenvalue weighted by molar-refractivity contribution is 1.07. The molecular weight excluding hydrogens is 719 g/mol. The highest BCUT2D eigenvalue weighted by Gasteiger charge is 2.17. The van der Waals surface area contributed by atoms with Crippen molar-refractivity contribution in [3.05, 3.63) is 188 Å². The summed E-state index contributed by atoms with van der Waals surface area (Å²) < 4.78 is 5.09. The van der Waals surface area contributed by atoms with Gasteiger partial charge in [-0.2, -0.15) is 0 Å². The van der Waals surface area contributed by atoms with E-state index >= 15 is 0 Å². The van der Waals surface area contributed by atoms with E-state index < -0.39 is 0 Å². The van der Waals surface area contributed by atoms with Crippen LogP contribution < -0.4 is 0 Å². The molecule has 0 aliphatic carbocycles. The molecule has 0 bridgehead atoms. The van der Waals surface area contributed by atoms with Gasteiger partial charge in [-0.15, -0.1) is 22.7 Å². The van der Waals surface area contributed by atoms with E-state index in [2.05, 4.69) is 164 Å². The van der Waals surface area contributed by atoms with Crippen LogP contribution in [0.3, 0.4) is 0 Å². The molecule has 0 aliphatic rings. The van der Waals surface area contributed by atoms with Gasteiger partial charge in [-0.25, -0.2) is 15.0 Å². The molecule has 8 aromatic carbocycles. The fourth-order valence-electron chi connectivity index (χ4n) is 7.87. The van der Waals surface area contributed by atoms with Crippen molar-refractivity contribution >= 4 is 63.0 Å². The van der Waals surface area contributed by atoms with Gasteiger partial charge in [0.25, 0.3) is 0 Å². The van der Waals surface area contributed by atoms with Gasteiger partial charge in [0.05, 0.1) is 0 Å². The molecule has 0 saturated carbocycles. The van der Waals surface area contributed by atoms with Gasteiger partial charge < -0.3 is 0 Å². The normalized spacial score (nSPS) is 11.6. The Kier molecular flexibility index (Phi) is 7.87. The fourth-order valence-corrected chi connectivity index (χ4v) is 10.1. The number of hydrogen-bond donors (Lipinski definition) is 0. The Morgan fingerprint density at radius 2 is 0.821 bits per heavy atom. The molecule has 0 spiro atoms. The van der Waals surface area contributed by atoms with Crippen molar-refractivity contribution in [2.45, 2.75) is 0 Å². The summed E-state index contributed by atoms with van der Waals surface area (Å²) in [5, 5.41) is 5.13. The monoisotopic (exact) mass is 749 g/mol. The minimum atomic E-state index is 0.650.